The van der Waals surface area contributed by atoms with E-state index >= 15 is 0 Å². The Labute approximate surface area is 155 Å². The van der Waals surface area contributed by atoms with Crippen molar-refractivity contribution in [2.75, 3.05) is 4.72 Å². The summed E-state index contributed by atoms with van der Waals surface area (Å²) in [6.07, 6.45) is 0. The van der Waals surface area contributed by atoms with E-state index in [1.807, 2.05) is 41.5 Å². The van der Waals surface area contributed by atoms with E-state index in [2.05, 4.69) is 4.72 Å². The second-order valence-electron chi connectivity index (χ2n) is 8.48. The van der Waals surface area contributed by atoms with Gasteiger partial charge < -0.3 is 5.11 Å². The van der Waals surface area contributed by atoms with Gasteiger partial charge in [-0.15, -0.1) is 0 Å². The van der Waals surface area contributed by atoms with E-state index in [4.69, 9.17) is 0 Å². The summed E-state index contributed by atoms with van der Waals surface area (Å²) in [6, 6.07) is 7.93. The number of sulfonamides is 1. The molecule has 0 amide bonds. The first kappa shape index (κ1) is 20.2. The average molecular weight is 379 g/mol. The minimum atomic E-state index is -3.87. The van der Waals surface area contributed by atoms with E-state index < -0.39 is 15.8 Å². The standard InChI is InChI=1S/C20H26FNO3S/c1-19(2,3)16-11-14(12-17(18(16)23)20(4,5)6)22-26(24,25)15-9-7-13(21)8-10-15/h7-12,22-23H,1-6H3. The lowest BCUT2D eigenvalue weighted by atomic mass is 9.79. The molecule has 0 heterocycles. The number of aromatic hydroxyl groups is 1. The number of benzene rings is 2. The maximum Gasteiger partial charge on any atom is 0.261 e. The molecule has 2 N–H and O–H groups in total. The molecule has 0 aliphatic rings. The zero-order valence-electron chi connectivity index (χ0n) is 16.0. The molecule has 0 atom stereocenters. The van der Waals surface area contributed by atoms with Crippen LogP contribution < -0.4 is 4.72 Å². The van der Waals surface area contributed by atoms with Crippen LogP contribution in [0.1, 0.15) is 52.7 Å². The van der Waals surface area contributed by atoms with Gasteiger partial charge >= 0.3 is 0 Å². The normalized spacial score (nSPS) is 12.9. The minimum Gasteiger partial charge on any atom is -0.507 e. The maximum absolute atomic E-state index is 13.1. The SMILES string of the molecule is CC(C)(C)c1cc(NS(=O)(=O)c2ccc(F)cc2)cc(C(C)(C)C)c1O. The first-order valence-corrected chi connectivity index (χ1v) is 9.86. The first-order chi connectivity index (χ1) is 11.7. The van der Waals surface area contributed by atoms with Crippen LogP contribution in [0, 0.1) is 5.82 Å². The van der Waals surface area contributed by atoms with Crippen LogP contribution in [0.15, 0.2) is 41.3 Å². The van der Waals surface area contributed by atoms with Crippen LogP contribution in [-0.2, 0) is 20.9 Å². The van der Waals surface area contributed by atoms with Gasteiger partial charge in [0.05, 0.1) is 4.90 Å². The number of halogens is 1. The van der Waals surface area contributed by atoms with Crippen LogP contribution in [0.25, 0.3) is 0 Å². The van der Waals surface area contributed by atoms with Crippen molar-refractivity contribution in [3.63, 3.8) is 0 Å². The van der Waals surface area contributed by atoms with E-state index in [-0.39, 0.29) is 21.5 Å². The Kier molecular flexibility index (Phi) is 5.12. The number of anilines is 1. The lowest BCUT2D eigenvalue weighted by molar-refractivity contribution is 0.423. The summed E-state index contributed by atoms with van der Waals surface area (Å²) in [6.45, 7) is 11.7. The van der Waals surface area contributed by atoms with Crippen molar-refractivity contribution in [3.8, 4) is 5.75 Å². The number of phenolic OH excluding ortho intramolecular Hbond substituents is 1. The van der Waals surface area contributed by atoms with Crippen molar-refractivity contribution in [1.82, 2.24) is 0 Å². The highest BCUT2D eigenvalue weighted by molar-refractivity contribution is 7.92. The van der Waals surface area contributed by atoms with Gasteiger partial charge in [-0.05, 0) is 47.2 Å². The topological polar surface area (TPSA) is 66.4 Å². The summed E-state index contributed by atoms with van der Waals surface area (Å²) in [5, 5.41) is 10.7. The first-order valence-electron chi connectivity index (χ1n) is 8.38. The third kappa shape index (κ3) is 4.36. The van der Waals surface area contributed by atoms with Gasteiger partial charge in [0.2, 0.25) is 0 Å². The van der Waals surface area contributed by atoms with Crippen LogP contribution in [0.4, 0.5) is 10.1 Å². The van der Waals surface area contributed by atoms with E-state index in [1.54, 1.807) is 12.1 Å². The Morgan fingerprint density at radius 3 is 1.69 bits per heavy atom. The molecule has 142 valence electrons. The predicted octanol–water partition coefficient (Wildman–Crippen LogP) is 4.93. The monoisotopic (exact) mass is 379 g/mol. The van der Waals surface area contributed by atoms with Crippen molar-refractivity contribution in [3.05, 3.63) is 53.3 Å². The minimum absolute atomic E-state index is 0.0263. The fraction of sp³-hybridized carbons (Fsp3) is 0.400. The van der Waals surface area contributed by atoms with Crippen molar-refractivity contribution < 1.29 is 17.9 Å². The highest BCUT2D eigenvalue weighted by Gasteiger charge is 2.27. The lowest BCUT2D eigenvalue weighted by Gasteiger charge is -2.28. The van der Waals surface area contributed by atoms with Gasteiger partial charge in [-0.1, -0.05) is 41.5 Å². The zero-order valence-corrected chi connectivity index (χ0v) is 16.8. The number of hydrogen-bond donors (Lipinski definition) is 2. The molecule has 0 radical (unpaired) electrons. The summed E-state index contributed by atoms with van der Waals surface area (Å²) >= 11 is 0. The van der Waals surface area contributed by atoms with Crippen molar-refractivity contribution >= 4 is 15.7 Å². The molecule has 26 heavy (non-hydrogen) atoms. The molecule has 0 aromatic heterocycles. The van der Waals surface area contributed by atoms with Crippen LogP contribution in [0.2, 0.25) is 0 Å². The number of phenols is 1. The average Bonchev–Trinajstić information content (AvgIpc) is 2.46. The molecule has 0 unspecified atom stereocenters. The van der Waals surface area contributed by atoms with E-state index in [0.717, 1.165) is 12.1 Å². The molecule has 2 aromatic rings. The Balaban J connectivity index is 2.57. The van der Waals surface area contributed by atoms with E-state index in [1.165, 1.54) is 12.1 Å². The smallest absolute Gasteiger partial charge is 0.261 e. The third-order valence-electron chi connectivity index (χ3n) is 4.10. The maximum atomic E-state index is 13.1. The van der Waals surface area contributed by atoms with Gasteiger partial charge in [-0.3, -0.25) is 4.72 Å². The molecule has 6 heteroatoms. The van der Waals surface area contributed by atoms with Gasteiger partial charge in [-0.2, -0.15) is 0 Å². The third-order valence-corrected chi connectivity index (χ3v) is 5.50. The van der Waals surface area contributed by atoms with Crippen molar-refractivity contribution in [2.24, 2.45) is 0 Å². The lowest BCUT2D eigenvalue weighted by Crippen LogP contribution is -2.19. The van der Waals surface area contributed by atoms with E-state index in [9.17, 15) is 17.9 Å². The molecule has 2 rings (SSSR count). The fourth-order valence-electron chi connectivity index (χ4n) is 2.66. The van der Waals surface area contributed by atoms with Crippen LogP contribution in [-0.4, -0.2) is 13.5 Å². The molecule has 0 spiro atoms. The summed E-state index contributed by atoms with van der Waals surface area (Å²) in [5.41, 5.74) is 0.925. The Bertz CT molecular complexity index is 871. The molecule has 0 bridgehead atoms. The molecule has 0 fully saturated rings. The van der Waals surface area contributed by atoms with Crippen LogP contribution in [0.5, 0.6) is 5.75 Å². The molecule has 4 nitrogen and oxygen atoms in total. The van der Waals surface area contributed by atoms with Crippen LogP contribution >= 0.6 is 0 Å². The Morgan fingerprint density at radius 2 is 1.31 bits per heavy atom. The second kappa shape index (κ2) is 6.58. The molecule has 2 aromatic carbocycles. The number of rotatable bonds is 3. The molecular weight excluding hydrogens is 353 g/mol. The summed E-state index contributed by atoms with van der Waals surface area (Å²) in [7, 11) is -3.87. The molecule has 0 aliphatic carbocycles. The summed E-state index contributed by atoms with van der Waals surface area (Å²) < 4.78 is 40.9. The van der Waals surface area contributed by atoms with Crippen LogP contribution in [0.3, 0.4) is 0 Å². The van der Waals surface area contributed by atoms with Crippen molar-refractivity contribution in [2.45, 2.75) is 57.3 Å². The second-order valence-corrected chi connectivity index (χ2v) is 10.2. The predicted molar refractivity (Wildman–Crippen MR) is 103 cm³/mol. The highest BCUT2D eigenvalue weighted by atomic mass is 32.2. The number of nitrogens with one attached hydrogen (secondary N) is 1. The van der Waals surface area contributed by atoms with Gasteiger partial charge in [0.1, 0.15) is 11.6 Å². The molecule has 0 saturated heterocycles. The molecule has 0 aliphatic heterocycles. The van der Waals surface area contributed by atoms with Gasteiger partial charge in [0, 0.05) is 16.8 Å². The van der Waals surface area contributed by atoms with E-state index in [0.29, 0.717) is 16.8 Å². The van der Waals surface area contributed by atoms with Gasteiger partial charge in [0.25, 0.3) is 10.0 Å². The Hall–Kier alpha value is -2.08. The van der Waals surface area contributed by atoms with Crippen molar-refractivity contribution in [1.29, 1.82) is 0 Å². The van der Waals surface area contributed by atoms with Gasteiger partial charge in [0.15, 0.2) is 0 Å². The number of hydrogen-bond acceptors (Lipinski definition) is 3. The molecule has 0 saturated carbocycles. The Morgan fingerprint density at radius 1 is 0.885 bits per heavy atom. The largest absolute Gasteiger partial charge is 0.507 e. The zero-order chi connectivity index (χ0) is 19.9. The molecular formula is C20H26FNO3S. The fourth-order valence-corrected chi connectivity index (χ4v) is 3.71. The van der Waals surface area contributed by atoms with Gasteiger partial charge in [-0.25, -0.2) is 12.8 Å². The highest BCUT2D eigenvalue weighted by Crippen LogP contribution is 2.41. The summed E-state index contributed by atoms with van der Waals surface area (Å²) in [4.78, 5) is -0.0263. The quantitative estimate of drug-likeness (QED) is 0.743. The summed E-state index contributed by atoms with van der Waals surface area (Å²) in [5.74, 6) is -0.326.